The maximum atomic E-state index is 14.3. The summed E-state index contributed by atoms with van der Waals surface area (Å²) in [5.41, 5.74) is 2.31. The summed E-state index contributed by atoms with van der Waals surface area (Å²) in [5.74, 6) is 0.402. The molecule has 2 heterocycles. The number of para-hydroxylation sites is 1. The van der Waals surface area contributed by atoms with Crippen LogP contribution in [0.3, 0.4) is 0 Å². The molecule has 0 radical (unpaired) electrons. The van der Waals surface area contributed by atoms with Crippen molar-refractivity contribution < 1.29 is 24.2 Å². The van der Waals surface area contributed by atoms with Gasteiger partial charge in [-0.1, -0.05) is 36.4 Å². The molecule has 0 aromatic heterocycles. The number of carboxylic acids is 1. The second-order valence-electron chi connectivity index (χ2n) is 9.45. The minimum absolute atomic E-state index is 0.00204. The van der Waals surface area contributed by atoms with Gasteiger partial charge in [0.1, 0.15) is 22.5 Å². The molecule has 1 amide bonds. The van der Waals surface area contributed by atoms with Crippen LogP contribution in [0, 0.1) is 0 Å². The Morgan fingerprint density at radius 1 is 1.06 bits per heavy atom. The Kier molecular flexibility index (Phi) is 5.12. The van der Waals surface area contributed by atoms with Gasteiger partial charge < -0.3 is 19.5 Å². The van der Waals surface area contributed by atoms with Crippen LogP contribution in [0.4, 0.5) is 5.69 Å². The number of benzene rings is 3. The second kappa shape index (κ2) is 7.90. The van der Waals surface area contributed by atoms with E-state index in [1.54, 1.807) is 24.3 Å². The molecule has 0 saturated carbocycles. The molecule has 0 bridgehead atoms. The minimum atomic E-state index is -0.972. The van der Waals surface area contributed by atoms with Gasteiger partial charge in [0.25, 0.3) is 0 Å². The molecular weight excluding hydrogens is 430 g/mol. The van der Waals surface area contributed by atoms with Crippen LogP contribution >= 0.6 is 0 Å². The van der Waals surface area contributed by atoms with E-state index >= 15 is 0 Å². The molecular formula is C28H27NO5. The Hall–Kier alpha value is -3.80. The van der Waals surface area contributed by atoms with E-state index in [0.29, 0.717) is 31.1 Å². The van der Waals surface area contributed by atoms with Gasteiger partial charge in [0, 0.05) is 23.7 Å². The molecule has 0 fully saturated rings. The molecule has 2 aliphatic heterocycles. The zero-order chi connectivity index (χ0) is 24.1. The lowest BCUT2D eigenvalue weighted by atomic mass is 9.67. The van der Waals surface area contributed by atoms with E-state index in [9.17, 15) is 14.7 Å². The summed E-state index contributed by atoms with van der Waals surface area (Å²) >= 11 is 0. The predicted octanol–water partition coefficient (Wildman–Crippen LogP) is 5.18. The number of fused-ring (bicyclic) bond motifs is 4. The normalized spacial score (nSPS) is 20.0. The van der Waals surface area contributed by atoms with E-state index in [-0.39, 0.29) is 11.5 Å². The van der Waals surface area contributed by atoms with Crippen LogP contribution in [0.1, 0.15) is 54.2 Å². The number of hydrogen-bond acceptors (Lipinski definition) is 4. The van der Waals surface area contributed by atoms with Crippen LogP contribution in [0.2, 0.25) is 0 Å². The molecule has 2 aliphatic rings. The van der Waals surface area contributed by atoms with Gasteiger partial charge in [-0.3, -0.25) is 4.79 Å². The van der Waals surface area contributed by atoms with Gasteiger partial charge in [-0.05, 0) is 56.2 Å². The van der Waals surface area contributed by atoms with Gasteiger partial charge in [-0.2, -0.15) is 0 Å². The number of hydrogen-bond donors (Lipinski definition) is 1. The number of nitrogens with zero attached hydrogens (tertiary/aromatic N) is 1. The molecule has 3 aromatic carbocycles. The smallest absolute Gasteiger partial charge is 0.335 e. The van der Waals surface area contributed by atoms with Crippen molar-refractivity contribution in [2.75, 3.05) is 11.5 Å². The molecule has 174 valence electrons. The summed E-state index contributed by atoms with van der Waals surface area (Å²) in [6, 6.07) is 20.3. The molecule has 0 saturated heterocycles. The molecule has 34 heavy (non-hydrogen) atoms. The summed E-state index contributed by atoms with van der Waals surface area (Å²) in [5, 5.41) is 9.21. The largest absolute Gasteiger partial charge is 0.494 e. The van der Waals surface area contributed by atoms with Crippen LogP contribution < -0.4 is 14.4 Å². The van der Waals surface area contributed by atoms with E-state index in [1.165, 1.54) is 0 Å². The predicted molar refractivity (Wildman–Crippen MR) is 129 cm³/mol. The van der Waals surface area contributed by atoms with Crippen molar-refractivity contribution in [1.29, 1.82) is 0 Å². The molecule has 6 nitrogen and oxygen atoms in total. The third-order valence-corrected chi connectivity index (χ3v) is 6.61. The number of carbonyl (C=O) groups excluding carboxylic acids is 1. The van der Waals surface area contributed by atoms with Gasteiger partial charge in [0.15, 0.2) is 0 Å². The van der Waals surface area contributed by atoms with Crippen LogP contribution in [0.15, 0.2) is 66.7 Å². The molecule has 0 aliphatic carbocycles. The number of anilines is 1. The molecule has 1 atom stereocenters. The van der Waals surface area contributed by atoms with Crippen LogP contribution in [-0.4, -0.2) is 29.2 Å². The summed E-state index contributed by atoms with van der Waals surface area (Å²) in [7, 11) is 0. The summed E-state index contributed by atoms with van der Waals surface area (Å²) in [4.78, 5) is 27.4. The maximum absolute atomic E-state index is 14.3. The Morgan fingerprint density at radius 2 is 1.79 bits per heavy atom. The van der Waals surface area contributed by atoms with Gasteiger partial charge in [-0.15, -0.1) is 0 Å². The minimum Gasteiger partial charge on any atom is -0.494 e. The molecule has 3 aromatic rings. The van der Waals surface area contributed by atoms with E-state index in [0.717, 1.165) is 22.4 Å². The Morgan fingerprint density at radius 3 is 2.50 bits per heavy atom. The fraction of sp³-hybridized carbons (Fsp3) is 0.286. The highest BCUT2D eigenvalue weighted by molar-refractivity contribution is 6.11. The first-order valence-electron chi connectivity index (χ1n) is 11.5. The first kappa shape index (κ1) is 22.0. The first-order chi connectivity index (χ1) is 16.2. The fourth-order valence-electron chi connectivity index (χ4n) is 5.31. The van der Waals surface area contributed by atoms with Gasteiger partial charge in [0.2, 0.25) is 5.91 Å². The van der Waals surface area contributed by atoms with Gasteiger partial charge in [0.05, 0.1) is 18.7 Å². The fourth-order valence-corrected chi connectivity index (χ4v) is 5.31. The zero-order valence-corrected chi connectivity index (χ0v) is 19.5. The molecule has 1 N–H and O–H groups in total. The number of carboxylic acid groups (broad SMARTS) is 1. The van der Waals surface area contributed by atoms with Crippen molar-refractivity contribution in [3.8, 4) is 11.5 Å². The van der Waals surface area contributed by atoms with Gasteiger partial charge >= 0.3 is 5.97 Å². The second-order valence-corrected chi connectivity index (χ2v) is 9.45. The third-order valence-electron chi connectivity index (χ3n) is 6.61. The SMILES string of the molecule is CCOc1ccc2c(c1)OC(C)(C)CC21C(=O)N(Cc2ccc(C(=O)O)cc2)c2ccccc21. The average Bonchev–Trinajstić information content (AvgIpc) is 3.02. The molecule has 1 unspecified atom stereocenters. The highest BCUT2D eigenvalue weighted by Gasteiger charge is 2.58. The third kappa shape index (κ3) is 3.41. The van der Waals surface area contributed by atoms with Crippen LogP contribution in [0.25, 0.3) is 0 Å². The summed E-state index contributed by atoms with van der Waals surface area (Å²) in [6.45, 7) is 6.85. The Bertz CT molecular complexity index is 1280. The van der Waals surface area contributed by atoms with Crippen LogP contribution in [0.5, 0.6) is 11.5 Å². The lowest BCUT2D eigenvalue weighted by Gasteiger charge is -2.43. The maximum Gasteiger partial charge on any atom is 0.335 e. The van der Waals surface area contributed by atoms with Crippen molar-refractivity contribution in [3.63, 3.8) is 0 Å². The van der Waals surface area contributed by atoms with Crippen molar-refractivity contribution in [3.05, 3.63) is 89.0 Å². The van der Waals surface area contributed by atoms with Crippen molar-refractivity contribution in [1.82, 2.24) is 0 Å². The highest BCUT2D eigenvalue weighted by Crippen LogP contribution is 2.56. The van der Waals surface area contributed by atoms with E-state index in [2.05, 4.69) is 0 Å². The summed E-state index contributed by atoms with van der Waals surface area (Å²) < 4.78 is 12.0. The topological polar surface area (TPSA) is 76.1 Å². The summed E-state index contributed by atoms with van der Waals surface area (Å²) in [6.07, 6.45) is 0.505. The number of rotatable bonds is 5. The number of ether oxygens (including phenoxy) is 2. The monoisotopic (exact) mass is 457 g/mol. The van der Waals surface area contributed by atoms with Crippen molar-refractivity contribution >= 4 is 17.6 Å². The quantitative estimate of drug-likeness (QED) is 0.572. The average molecular weight is 458 g/mol. The number of carbonyl (C=O) groups is 2. The molecule has 5 rings (SSSR count). The van der Waals surface area contributed by atoms with Crippen molar-refractivity contribution in [2.45, 2.75) is 44.8 Å². The zero-order valence-electron chi connectivity index (χ0n) is 19.5. The molecule has 1 spiro atoms. The first-order valence-corrected chi connectivity index (χ1v) is 11.5. The Balaban J connectivity index is 1.63. The standard InChI is InChI=1S/C28H27NO5/c1-4-33-20-13-14-22-24(15-20)34-27(2,3)17-28(22)21-7-5-6-8-23(21)29(26(28)32)16-18-9-11-19(12-10-18)25(30)31/h5-15H,4,16-17H2,1-3H3,(H,30,31). The lowest BCUT2D eigenvalue weighted by molar-refractivity contribution is -0.124. The number of aromatic carboxylic acids is 1. The molecule has 6 heteroatoms. The van der Waals surface area contributed by atoms with Gasteiger partial charge in [-0.25, -0.2) is 4.79 Å². The van der Waals surface area contributed by atoms with E-state index < -0.39 is 17.0 Å². The number of amides is 1. The van der Waals surface area contributed by atoms with Crippen molar-refractivity contribution in [2.24, 2.45) is 0 Å². The Labute approximate surface area is 198 Å². The van der Waals surface area contributed by atoms with E-state index in [4.69, 9.17) is 9.47 Å². The van der Waals surface area contributed by atoms with E-state index in [1.807, 2.05) is 68.1 Å². The lowest BCUT2D eigenvalue weighted by Crippen LogP contribution is -2.50. The highest BCUT2D eigenvalue weighted by atomic mass is 16.5. The van der Waals surface area contributed by atoms with Crippen LogP contribution in [-0.2, 0) is 16.8 Å².